The second-order valence-electron chi connectivity index (χ2n) is 15.2. The fourth-order valence-electron chi connectivity index (χ4n) is 6.40. The number of alkyl halides is 2. The van der Waals surface area contributed by atoms with Crippen LogP contribution in [0.3, 0.4) is 0 Å². The molecule has 6 aromatic rings. The van der Waals surface area contributed by atoms with Crippen molar-refractivity contribution < 1.29 is 19.0 Å². The predicted molar refractivity (Wildman–Crippen MR) is 245 cm³/mol. The minimum absolute atomic E-state index is 0.0139. The highest BCUT2D eigenvalue weighted by molar-refractivity contribution is 9.08. The van der Waals surface area contributed by atoms with Crippen LogP contribution in [0.5, 0.6) is 17.2 Å². The summed E-state index contributed by atoms with van der Waals surface area (Å²) < 4.78 is 15.7. The van der Waals surface area contributed by atoms with Gasteiger partial charge in [0.2, 0.25) is 0 Å². The quantitative estimate of drug-likeness (QED) is 0.0960. The van der Waals surface area contributed by atoms with E-state index in [2.05, 4.69) is 146 Å². The Morgan fingerprint density at radius 1 is 0.474 bits per heavy atom. The zero-order chi connectivity index (χ0) is 41.8. The number of benzene rings is 6. The maximum atomic E-state index is 12.1. The predicted octanol–water partition coefficient (Wildman–Crippen LogP) is 13.7. The van der Waals surface area contributed by atoms with Gasteiger partial charge < -0.3 is 14.2 Å². The molecule has 0 saturated carbocycles. The van der Waals surface area contributed by atoms with Gasteiger partial charge in [0.05, 0.1) is 21.3 Å². The molecule has 57 heavy (non-hydrogen) atoms. The molecule has 6 rings (SSSR count). The first kappa shape index (κ1) is 45.1. The van der Waals surface area contributed by atoms with Gasteiger partial charge in [-0.05, 0) is 96.6 Å². The normalized spacial score (nSPS) is 11.0. The molecule has 0 fully saturated rings. The molecular formula is C51H56Br2O4. The monoisotopic (exact) mass is 890 g/mol. The van der Waals surface area contributed by atoms with Crippen LogP contribution in [0.4, 0.5) is 0 Å². The van der Waals surface area contributed by atoms with E-state index in [4.69, 9.17) is 14.2 Å². The van der Waals surface area contributed by atoms with Crippen LogP contribution >= 0.6 is 31.9 Å². The third-order valence-corrected chi connectivity index (χ3v) is 11.8. The molecule has 0 atom stereocenters. The first-order valence-electron chi connectivity index (χ1n) is 19.0. The van der Waals surface area contributed by atoms with E-state index in [0.29, 0.717) is 11.1 Å². The summed E-state index contributed by atoms with van der Waals surface area (Å²) in [5.74, 6) is 2.62. The second-order valence-corrected chi connectivity index (χ2v) is 16.3. The first-order chi connectivity index (χ1) is 27.2. The lowest BCUT2D eigenvalue weighted by Crippen LogP contribution is -2.19. The molecule has 6 heteroatoms. The highest BCUT2D eigenvalue weighted by Crippen LogP contribution is 2.36. The van der Waals surface area contributed by atoms with Crippen molar-refractivity contribution in [2.24, 2.45) is 0 Å². The van der Waals surface area contributed by atoms with Crippen molar-refractivity contribution in [3.63, 3.8) is 0 Å². The molecule has 0 aliphatic rings. The summed E-state index contributed by atoms with van der Waals surface area (Å²) in [4.78, 5) is 12.1. The second kappa shape index (κ2) is 20.7. The number of hydrogen-bond acceptors (Lipinski definition) is 4. The average Bonchev–Trinajstić information content (AvgIpc) is 3.24. The molecule has 0 aromatic heterocycles. The van der Waals surface area contributed by atoms with Crippen molar-refractivity contribution >= 4 is 37.6 Å². The lowest BCUT2D eigenvalue weighted by Gasteiger charge is -2.28. The van der Waals surface area contributed by atoms with Crippen LogP contribution in [0.15, 0.2) is 133 Å². The zero-order valence-electron chi connectivity index (χ0n) is 35.0. The van der Waals surface area contributed by atoms with Gasteiger partial charge in [0.25, 0.3) is 0 Å². The number of halogens is 2. The number of rotatable bonds is 11. The van der Waals surface area contributed by atoms with Crippen LogP contribution in [0, 0.1) is 20.8 Å². The maximum Gasteiger partial charge on any atom is 0.193 e. The lowest BCUT2D eigenvalue weighted by molar-refractivity contribution is 0.103. The molecule has 298 valence electrons. The number of ether oxygens (including phenoxy) is 3. The van der Waals surface area contributed by atoms with E-state index in [1.165, 1.54) is 44.5 Å². The standard InChI is InChI=1S/C19H22Br2O.C17H20O.C15H14O2/c1-13-5-6-16(9-14(13)11-20)19(2,3)17-7-8-18(22-4)15(10-17)12-21;1-13-5-7-14(8-6-13)17(2,3)15-9-11-16(18-4)12-10-15;1-11-3-5-12(6-4-11)15(16)13-7-9-14(17-2)10-8-13/h5-10H,11-12H2,1-4H3;5-12H,1-4H3;3-10H,1-2H3. The summed E-state index contributed by atoms with van der Waals surface area (Å²) in [6, 6.07) is 45.0. The number of methoxy groups -OCH3 is 3. The fraction of sp³-hybridized carbons (Fsp3) is 0.275. The summed E-state index contributed by atoms with van der Waals surface area (Å²) in [5, 5.41) is 1.68. The van der Waals surface area contributed by atoms with Crippen LogP contribution in [0.1, 0.15) is 93.7 Å². The van der Waals surface area contributed by atoms with E-state index in [1.54, 1.807) is 45.6 Å². The molecule has 0 unspecified atom stereocenters. The highest BCUT2D eigenvalue weighted by Gasteiger charge is 2.25. The van der Waals surface area contributed by atoms with Crippen molar-refractivity contribution in [1.82, 2.24) is 0 Å². The summed E-state index contributed by atoms with van der Waals surface area (Å²) in [5.41, 5.74) is 12.9. The first-order valence-corrected chi connectivity index (χ1v) is 21.3. The van der Waals surface area contributed by atoms with Crippen molar-refractivity contribution in [3.8, 4) is 17.2 Å². The van der Waals surface area contributed by atoms with E-state index in [-0.39, 0.29) is 16.6 Å². The minimum Gasteiger partial charge on any atom is -0.497 e. The van der Waals surface area contributed by atoms with Crippen molar-refractivity contribution in [1.29, 1.82) is 0 Å². The Hall–Kier alpha value is -4.65. The van der Waals surface area contributed by atoms with Crippen LogP contribution in [-0.2, 0) is 21.5 Å². The molecule has 0 radical (unpaired) electrons. The van der Waals surface area contributed by atoms with Gasteiger partial charge in [-0.2, -0.15) is 0 Å². The molecule has 0 amide bonds. The molecule has 0 bridgehead atoms. The third kappa shape index (κ3) is 11.7. The fourth-order valence-corrected chi connectivity index (χ4v) is 7.44. The third-order valence-electron chi connectivity index (χ3n) is 10.6. The largest absolute Gasteiger partial charge is 0.497 e. The van der Waals surface area contributed by atoms with Gasteiger partial charge in [0.15, 0.2) is 5.78 Å². The molecule has 0 saturated heterocycles. The van der Waals surface area contributed by atoms with E-state index in [1.807, 2.05) is 43.3 Å². The number of carbonyl (C=O) groups is 1. The molecule has 4 nitrogen and oxygen atoms in total. The van der Waals surface area contributed by atoms with Crippen LogP contribution in [-0.4, -0.2) is 27.1 Å². The Balaban J connectivity index is 0.000000191. The maximum absolute atomic E-state index is 12.1. The summed E-state index contributed by atoms with van der Waals surface area (Å²) >= 11 is 7.14. The highest BCUT2D eigenvalue weighted by atomic mass is 79.9. The van der Waals surface area contributed by atoms with Crippen molar-refractivity contribution in [3.05, 3.63) is 195 Å². The number of ketones is 1. The Labute approximate surface area is 357 Å². The van der Waals surface area contributed by atoms with Gasteiger partial charge in [0.1, 0.15) is 17.2 Å². The van der Waals surface area contributed by atoms with Gasteiger partial charge in [-0.25, -0.2) is 0 Å². The zero-order valence-corrected chi connectivity index (χ0v) is 38.2. The molecule has 0 aliphatic carbocycles. The molecule has 0 spiro atoms. The van der Waals surface area contributed by atoms with E-state index in [0.717, 1.165) is 33.5 Å². The molecule has 0 N–H and O–H groups in total. The van der Waals surface area contributed by atoms with Gasteiger partial charge >= 0.3 is 0 Å². The minimum atomic E-state index is -0.0478. The van der Waals surface area contributed by atoms with Crippen LogP contribution < -0.4 is 14.2 Å². The summed E-state index contributed by atoms with van der Waals surface area (Å²) in [6.45, 7) is 15.3. The Morgan fingerprint density at radius 2 is 0.842 bits per heavy atom. The van der Waals surface area contributed by atoms with Gasteiger partial charge in [-0.3, -0.25) is 4.79 Å². The Bertz CT molecular complexity index is 2190. The van der Waals surface area contributed by atoms with E-state index >= 15 is 0 Å². The van der Waals surface area contributed by atoms with Gasteiger partial charge in [-0.1, -0.05) is 162 Å². The van der Waals surface area contributed by atoms with Gasteiger partial charge in [0, 0.05) is 38.2 Å². The molecule has 6 aromatic carbocycles. The summed E-state index contributed by atoms with van der Waals surface area (Å²) in [6.07, 6.45) is 0. The molecular weight excluding hydrogens is 836 g/mol. The Morgan fingerprint density at radius 3 is 1.30 bits per heavy atom. The summed E-state index contributed by atoms with van der Waals surface area (Å²) in [7, 11) is 5.02. The number of hydrogen-bond donors (Lipinski definition) is 0. The average molecular weight is 893 g/mol. The van der Waals surface area contributed by atoms with Crippen LogP contribution in [0.2, 0.25) is 0 Å². The molecule has 0 aliphatic heterocycles. The van der Waals surface area contributed by atoms with E-state index < -0.39 is 0 Å². The van der Waals surface area contributed by atoms with Crippen LogP contribution in [0.25, 0.3) is 0 Å². The molecule has 0 heterocycles. The Kier molecular flexibility index (Phi) is 16.3. The SMILES string of the molecule is COc1ccc(C(=O)c2ccc(C)cc2)cc1.COc1ccc(C(C)(C)c2ccc(C)c(CBr)c2)cc1CBr.COc1ccc(C(C)(C)c2ccc(C)cc2)cc1. The smallest absolute Gasteiger partial charge is 0.193 e. The number of aryl methyl sites for hydroxylation is 3. The van der Waals surface area contributed by atoms with E-state index in [9.17, 15) is 4.79 Å². The topological polar surface area (TPSA) is 44.8 Å². The van der Waals surface area contributed by atoms with Crippen molar-refractivity contribution in [2.75, 3.05) is 21.3 Å². The van der Waals surface area contributed by atoms with Crippen molar-refractivity contribution in [2.45, 2.75) is 70.0 Å². The van der Waals surface area contributed by atoms with Gasteiger partial charge in [-0.15, -0.1) is 0 Å². The number of carbonyl (C=O) groups excluding carboxylic acids is 1. The lowest BCUT2D eigenvalue weighted by atomic mass is 9.77.